The Morgan fingerprint density at radius 3 is 2.47 bits per heavy atom. The van der Waals surface area contributed by atoms with Gasteiger partial charge in [-0.2, -0.15) is 0 Å². The molecule has 32 heavy (non-hydrogen) atoms. The van der Waals surface area contributed by atoms with Crippen molar-refractivity contribution in [2.24, 2.45) is 5.92 Å². The Bertz CT molecular complexity index is 1140. The molecule has 8 nitrogen and oxygen atoms in total. The zero-order chi connectivity index (χ0) is 23.6. The summed E-state index contributed by atoms with van der Waals surface area (Å²) in [5.41, 5.74) is 0.250. The topological polar surface area (TPSA) is 99.3 Å². The summed E-state index contributed by atoms with van der Waals surface area (Å²) >= 11 is 6.09. The third-order valence-corrected chi connectivity index (χ3v) is 4.91. The first-order valence-electron chi connectivity index (χ1n) is 9.65. The number of nitrogens with zero attached hydrogens (tertiary/aromatic N) is 2. The Morgan fingerprint density at radius 2 is 1.88 bits per heavy atom. The van der Waals surface area contributed by atoms with E-state index in [1.807, 2.05) is 0 Å². The Labute approximate surface area is 187 Å². The molecular formula is C21H22ClF2N5O3. The number of fused-ring (bicyclic) bond motifs is 1. The minimum absolute atomic E-state index is 0.111. The number of anilines is 1. The summed E-state index contributed by atoms with van der Waals surface area (Å²) in [4.78, 5) is 32.8. The van der Waals surface area contributed by atoms with Crippen LogP contribution in [0, 0.1) is 17.6 Å². The number of halogens is 3. The number of carbonyl (C=O) groups is 2. The molecule has 1 aromatic carbocycles. The number of rotatable bonds is 6. The highest BCUT2D eigenvalue weighted by Crippen LogP contribution is 2.36. The molecule has 0 aliphatic carbocycles. The molecule has 3 aromatic rings. The van der Waals surface area contributed by atoms with Crippen LogP contribution in [0.4, 0.5) is 19.3 Å². The summed E-state index contributed by atoms with van der Waals surface area (Å²) in [6, 6.07) is 1.67. The van der Waals surface area contributed by atoms with Gasteiger partial charge >= 0.3 is 6.03 Å². The van der Waals surface area contributed by atoms with E-state index in [-0.39, 0.29) is 28.3 Å². The molecule has 11 heteroatoms. The van der Waals surface area contributed by atoms with Gasteiger partial charge in [0.25, 0.3) is 0 Å². The molecular weight excluding hydrogens is 444 g/mol. The van der Waals surface area contributed by atoms with E-state index < -0.39 is 29.5 Å². The van der Waals surface area contributed by atoms with E-state index in [2.05, 4.69) is 20.6 Å². The summed E-state index contributed by atoms with van der Waals surface area (Å²) in [5, 5.41) is 5.51. The molecule has 0 unspecified atom stereocenters. The van der Waals surface area contributed by atoms with Gasteiger partial charge in [0.1, 0.15) is 17.4 Å². The predicted octanol–water partition coefficient (Wildman–Crippen LogP) is 4.52. The number of hydrogen-bond donors (Lipinski definition) is 3. The zero-order valence-corrected chi connectivity index (χ0v) is 18.6. The summed E-state index contributed by atoms with van der Waals surface area (Å²) < 4.78 is 34.7. The van der Waals surface area contributed by atoms with Crippen LogP contribution in [-0.2, 0) is 4.79 Å². The number of aromatic nitrogens is 2. The zero-order valence-electron chi connectivity index (χ0n) is 17.8. The van der Waals surface area contributed by atoms with Crippen molar-refractivity contribution in [3.8, 4) is 11.5 Å². The quantitative estimate of drug-likeness (QED) is 0.498. The number of nitrogens with one attached hydrogen (secondary N) is 3. The number of aromatic amines is 1. The fourth-order valence-electron chi connectivity index (χ4n) is 3.01. The van der Waals surface area contributed by atoms with Gasteiger partial charge in [0, 0.05) is 44.3 Å². The molecule has 3 N–H and O–H groups in total. The van der Waals surface area contributed by atoms with Crippen molar-refractivity contribution in [2.45, 2.75) is 19.9 Å². The smallest absolute Gasteiger partial charge is 0.319 e. The van der Waals surface area contributed by atoms with E-state index in [9.17, 15) is 18.4 Å². The Hall–Kier alpha value is -3.40. The van der Waals surface area contributed by atoms with Gasteiger partial charge in [-0.25, -0.2) is 18.6 Å². The van der Waals surface area contributed by atoms with E-state index in [1.165, 1.54) is 23.4 Å². The van der Waals surface area contributed by atoms with Crippen LogP contribution in [0.25, 0.3) is 11.0 Å². The number of urea groups is 1. The number of carbonyl (C=O) groups excluding carboxylic acids is 2. The van der Waals surface area contributed by atoms with Gasteiger partial charge in [-0.3, -0.25) is 4.79 Å². The Morgan fingerprint density at radius 1 is 1.22 bits per heavy atom. The largest absolute Gasteiger partial charge is 0.450 e. The van der Waals surface area contributed by atoms with Gasteiger partial charge in [0.2, 0.25) is 5.91 Å². The lowest BCUT2D eigenvalue weighted by Crippen LogP contribution is -2.50. The first-order valence-corrected chi connectivity index (χ1v) is 10.0. The third kappa shape index (κ3) is 4.91. The molecule has 0 saturated heterocycles. The second-order valence-electron chi connectivity index (χ2n) is 7.59. The monoisotopic (exact) mass is 465 g/mol. The van der Waals surface area contributed by atoms with E-state index in [0.717, 1.165) is 12.1 Å². The molecule has 2 aromatic heterocycles. The normalized spacial score (nSPS) is 12.0. The first-order chi connectivity index (χ1) is 15.1. The maximum absolute atomic E-state index is 14.6. The van der Waals surface area contributed by atoms with Gasteiger partial charge in [-0.1, -0.05) is 25.4 Å². The van der Waals surface area contributed by atoms with Crippen LogP contribution < -0.4 is 15.4 Å². The van der Waals surface area contributed by atoms with Gasteiger partial charge in [0.15, 0.2) is 17.4 Å². The summed E-state index contributed by atoms with van der Waals surface area (Å²) in [5.74, 6) is -3.13. The van der Waals surface area contributed by atoms with Crippen LogP contribution in [0.15, 0.2) is 30.6 Å². The second-order valence-corrected chi connectivity index (χ2v) is 8.00. The van der Waals surface area contributed by atoms with Gasteiger partial charge in [-0.05, 0) is 12.0 Å². The number of ether oxygens (including phenoxy) is 1. The molecule has 0 aliphatic rings. The minimum Gasteiger partial charge on any atom is -0.450 e. The summed E-state index contributed by atoms with van der Waals surface area (Å²) in [6.45, 7) is 3.54. The van der Waals surface area contributed by atoms with Gasteiger partial charge in [0.05, 0.1) is 10.4 Å². The first kappa shape index (κ1) is 23.3. The number of pyridine rings is 1. The SMILES string of the molecule is CC(C)[C@H](NC(=O)Nc1cc(F)c(Oc2ccnc3[nH]cc(Cl)c23)c(F)c1)C(=O)N(C)C. The number of hydrogen-bond acceptors (Lipinski definition) is 4. The van der Waals surface area contributed by atoms with Crippen LogP contribution in [0.1, 0.15) is 13.8 Å². The highest BCUT2D eigenvalue weighted by molar-refractivity contribution is 6.36. The summed E-state index contributed by atoms with van der Waals surface area (Å²) in [6.07, 6.45) is 2.89. The number of benzene rings is 1. The van der Waals surface area contributed by atoms with Crippen LogP contribution in [0.2, 0.25) is 5.02 Å². The highest BCUT2D eigenvalue weighted by atomic mass is 35.5. The molecule has 0 bridgehead atoms. The molecule has 0 aliphatic heterocycles. The summed E-state index contributed by atoms with van der Waals surface area (Å²) in [7, 11) is 3.13. The number of H-pyrrole nitrogens is 1. The average Bonchev–Trinajstić information content (AvgIpc) is 3.10. The Balaban J connectivity index is 1.79. The average molecular weight is 466 g/mol. The number of likely N-dealkylation sites (N-methyl/N-ethyl adjacent to an activating group) is 1. The molecule has 0 saturated carbocycles. The van der Waals surface area contributed by atoms with Crippen molar-refractivity contribution in [1.82, 2.24) is 20.2 Å². The third-order valence-electron chi connectivity index (χ3n) is 4.62. The van der Waals surface area contributed by atoms with Crippen molar-refractivity contribution in [1.29, 1.82) is 0 Å². The van der Waals surface area contributed by atoms with Crippen LogP contribution in [0.5, 0.6) is 11.5 Å². The fraction of sp³-hybridized carbons (Fsp3) is 0.286. The van der Waals surface area contributed by atoms with Gasteiger partial charge < -0.3 is 25.3 Å². The Kier molecular flexibility index (Phi) is 6.83. The van der Waals surface area contributed by atoms with Gasteiger partial charge in [-0.15, -0.1) is 0 Å². The molecule has 0 spiro atoms. The standard InChI is InChI=1S/C21H22ClF2N5O3/c1-10(2)17(20(30)29(3)4)28-21(31)27-11-7-13(23)18(14(24)8-11)32-15-5-6-25-19-16(15)12(22)9-26-19/h5-10,17H,1-4H3,(H,25,26)(H2,27,28,31)/t17-/m0/s1. The lowest BCUT2D eigenvalue weighted by Gasteiger charge is -2.24. The van der Waals surface area contributed by atoms with Crippen molar-refractivity contribution in [3.63, 3.8) is 0 Å². The lowest BCUT2D eigenvalue weighted by atomic mass is 10.0. The molecule has 2 heterocycles. The van der Waals surface area contributed by atoms with Crippen molar-refractivity contribution in [2.75, 3.05) is 19.4 Å². The van der Waals surface area contributed by atoms with Crippen molar-refractivity contribution >= 4 is 40.3 Å². The molecule has 3 rings (SSSR count). The van der Waals surface area contributed by atoms with Crippen LogP contribution in [-0.4, -0.2) is 46.9 Å². The number of amides is 3. The molecule has 0 fully saturated rings. The molecule has 0 radical (unpaired) electrons. The van der Waals surface area contributed by atoms with Crippen LogP contribution in [0.3, 0.4) is 0 Å². The highest BCUT2D eigenvalue weighted by Gasteiger charge is 2.26. The fourth-order valence-corrected chi connectivity index (χ4v) is 3.25. The molecule has 3 amide bonds. The van der Waals surface area contributed by atoms with E-state index in [1.54, 1.807) is 27.9 Å². The van der Waals surface area contributed by atoms with E-state index in [0.29, 0.717) is 11.0 Å². The maximum Gasteiger partial charge on any atom is 0.319 e. The maximum atomic E-state index is 14.6. The van der Waals surface area contributed by atoms with Crippen molar-refractivity contribution in [3.05, 3.63) is 47.2 Å². The van der Waals surface area contributed by atoms with Crippen molar-refractivity contribution < 1.29 is 23.1 Å². The predicted molar refractivity (Wildman–Crippen MR) is 117 cm³/mol. The molecule has 1 atom stereocenters. The lowest BCUT2D eigenvalue weighted by molar-refractivity contribution is -0.131. The van der Waals surface area contributed by atoms with E-state index in [4.69, 9.17) is 16.3 Å². The minimum atomic E-state index is -1.04. The molecule has 170 valence electrons. The second kappa shape index (κ2) is 9.39. The van der Waals surface area contributed by atoms with Crippen LogP contribution >= 0.6 is 11.6 Å². The van der Waals surface area contributed by atoms with E-state index >= 15 is 0 Å².